The lowest BCUT2D eigenvalue weighted by molar-refractivity contribution is -0.160. The van der Waals surface area contributed by atoms with Crippen LogP contribution in [0.15, 0.2) is 66.7 Å². The zero-order chi connectivity index (χ0) is 23.5. The van der Waals surface area contributed by atoms with Gasteiger partial charge in [-0.3, -0.25) is 9.59 Å². The van der Waals surface area contributed by atoms with E-state index in [1.807, 2.05) is 48.5 Å². The van der Waals surface area contributed by atoms with Crippen LogP contribution in [0.25, 0.3) is 11.1 Å². The Morgan fingerprint density at radius 3 is 2.03 bits per heavy atom. The summed E-state index contributed by atoms with van der Waals surface area (Å²) in [5, 5.41) is 9.77. The number of benzene rings is 3. The van der Waals surface area contributed by atoms with Gasteiger partial charge in [0.15, 0.2) is 17.4 Å². The Balaban J connectivity index is 1.55. The van der Waals surface area contributed by atoms with Gasteiger partial charge in [0, 0.05) is 5.92 Å². The average Bonchev–Trinajstić information content (AvgIpc) is 3.15. The summed E-state index contributed by atoms with van der Waals surface area (Å²) >= 11 is 0. The number of rotatable bonds is 8. The maximum Gasteiger partial charge on any atom is 0.322 e. The summed E-state index contributed by atoms with van der Waals surface area (Å²) in [4.78, 5) is 24.9. The first-order valence-corrected chi connectivity index (χ1v) is 10.5. The van der Waals surface area contributed by atoms with Gasteiger partial charge in [-0.15, -0.1) is 0 Å². The third kappa shape index (κ3) is 4.15. The van der Waals surface area contributed by atoms with Gasteiger partial charge in [-0.1, -0.05) is 54.6 Å². The Morgan fingerprint density at radius 2 is 1.48 bits per heavy atom. The minimum absolute atomic E-state index is 0.0231. The van der Waals surface area contributed by atoms with E-state index in [9.17, 15) is 14.7 Å². The molecular weight excluding hydrogens is 422 g/mol. The van der Waals surface area contributed by atoms with Crippen molar-refractivity contribution in [2.24, 2.45) is 11.7 Å². The van der Waals surface area contributed by atoms with Gasteiger partial charge < -0.3 is 25.1 Å². The smallest absolute Gasteiger partial charge is 0.322 e. The average molecular weight is 447 g/mol. The molecule has 0 spiro atoms. The molecule has 0 fully saturated rings. The van der Waals surface area contributed by atoms with E-state index >= 15 is 0 Å². The molecule has 1 aliphatic rings. The molecule has 2 atom stereocenters. The van der Waals surface area contributed by atoms with Crippen molar-refractivity contribution >= 4 is 11.9 Å². The molecule has 0 amide bonds. The molecule has 4 rings (SSSR count). The Labute approximate surface area is 191 Å². The van der Waals surface area contributed by atoms with Crippen LogP contribution in [0.2, 0.25) is 0 Å². The highest BCUT2D eigenvalue weighted by molar-refractivity contribution is 5.95. The molecule has 0 saturated carbocycles. The van der Waals surface area contributed by atoms with Crippen molar-refractivity contribution < 1.29 is 28.9 Å². The number of carbonyl (C=O) groups excluding carboxylic acids is 1. The Kier molecular flexibility index (Phi) is 6.33. The van der Waals surface area contributed by atoms with E-state index in [2.05, 4.69) is 0 Å². The summed E-state index contributed by atoms with van der Waals surface area (Å²) < 4.78 is 16.0. The molecule has 1 aliphatic carbocycles. The van der Waals surface area contributed by atoms with Gasteiger partial charge in [-0.2, -0.15) is 0 Å². The highest BCUT2D eigenvalue weighted by atomic mass is 16.5. The lowest BCUT2D eigenvalue weighted by Gasteiger charge is -2.22. The van der Waals surface area contributed by atoms with Gasteiger partial charge in [0.25, 0.3) is 0 Å². The molecule has 0 aliphatic heterocycles. The van der Waals surface area contributed by atoms with Crippen molar-refractivity contribution in [3.05, 3.63) is 83.4 Å². The Morgan fingerprint density at radius 1 is 0.909 bits per heavy atom. The molecule has 0 aromatic heterocycles. The SMILES string of the molecule is COc1ccc(C(N)C(C(=O)O)C(=O)OCC2c3ccccc3-c3ccccc32)cc1OC. The summed E-state index contributed by atoms with van der Waals surface area (Å²) in [6.07, 6.45) is 0. The minimum atomic E-state index is -1.57. The molecule has 3 aromatic carbocycles. The highest BCUT2D eigenvalue weighted by Crippen LogP contribution is 2.44. The highest BCUT2D eigenvalue weighted by Gasteiger charge is 2.37. The number of carboxylic acids is 1. The summed E-state index contributed by atoms with van der Waals surface area (Å²) in [5.74, 6) is -3.12. The number of hydrogen-bond donors (Lipinski definition) is 2. The van der Waals surface area contributed by atoms with Crippen molar-refractivity contribution in [3.63, 3.8) is 0 Å². The van der Waals surface area contributed by atoms with Crippen molar-refractivity contribution in [1.82, 2.24) is 0 Å². The molecule has 33 heavy (non-hydrogen) atoms. The normalized spacial score (nSPS) is 14.0. The molecule has 2 unspecified atom stereocenters. The molecule has 7 nitrogen and oxygen atoms in total. The predicted octanol–water partition coefficient (Wildman–Crippen LogP) is 3.76. The number of ether oxygens (including phenoxy) is 3. The number of carbonyl (C=O) groups is 2. The summed E-state index contributed by atoms with van der Waals surface area (Å²) in [6.45, 7) is 0.0231. The van der Waals surface area contributed by atoms with Crippen LogP contribution in [0, 0.1) is 5.92 Å². The fraction of sp³-hybridized carbons (Fsp3) is 0.231. The number of methoxy groups -OCH3 is 2. The van der Waals surface area contributed by atoms with E-state index in [4.69, 9.17) is 19.9 Å². The van der Waals surface area contributed by atoms with Gasteiger partial charge in [0.1, 0.15) is 6.61 Å². The fourth-order valence-corrected chi connectivity index (χ4v) is 4.35. The van der Waals surface area contributed by atoms with E-state index in [1.54, 1.807) is 18.2 Å². The van der Waals surface area contributed by atoms with Crippen LogP contribution in [0.4, 0.5) is 0 Å². The Bertz CT molecular complexity index is 1150. The second-order valence-corrected chi connectivity index (χ2v) is 7.81. The van der Waals surface area contributed by atoms with Gasteiger partial charge in [0.2, 0.25) is 0 Å². The zero-order valence-electron chi connectivity index (χ0n) is 18.4. The number of carboxylic acid groups (broad SMARTS) is 1. The topological polar surface area (TPSA) is 108 Å². The number of aliphatic carboxylic acids is 1. The molecular formula is C26H25NO6. The molecule has 0 heterocycles. The first-order chi connectivity index (χ1) is 16.0. The number of hydrogen-bond acceptors (Lipinski definition) is 6. The van der Waals surface area contributed by atoms with Crippen LogP contribution < -0.4 is 15.2 Å². The first kappa shape index (κ1) is 22.4. The summed E-state index contributed by atoms with van der Waals surface area (Å²) in [5.41, 5.74) is 10.9. The van der Waals surface area contributed by atoms with Crippen molar-refractivity contribution in [2.45, 2.75) is 12.0 Å². The van der Waals surface area contributed by atoms with Gasteiger partial charge in [-0.05, 0) is 39.9 Å². The lowest BCUT2D eigenvalue weighted by atomic mass is 9.93. The van der Waals surface area contributed by atoms with Crippen LogP contribution in [-0.2, 0) is 14.3 Å². The van der Waals surface area contributed by atoms with Crippen LogP contribution in [0.1, 0.15) is 28.7 Å². The Hall–Kier alpha value is -3.84. The second-order valence-electron chi connectivity index (χ2n) is 7.81. The van der Waals surface area contributed by atoms with Crippen molar-refractivity contribution in [3.8, 4) is 22.6 Å². The van der Waals surface area contributed by atoms with Gasteiger partial charge in [0.05, 0.1) is 20.3 Å². The zero-order valence-corrected chi connectivity index (χ0v) is 18.4. The van der Waals surface area contributed by atoms with E-state index in [1.165, 1.54) is 14.2 Å². The van der Waals surface area contributed by atoms with E-state index in [0.29, 0.717) is 17.1 Å². The standard InChI is InChI=1S/C26H25NO6/c1-31-21-12-11-15(13-22(21)32-2)24(27)23(25(28)29)26(30)33-14-20-18-9-5-3-7-16(18)17-8-4-6-10-19(17)20/h3-13,20,23-24H,14,27H2,1-2H3,(H,28,29). The third-order valence-electron chi connectivity index (χ3n) is 6.03. The predicted molar refractivity (Wildman–Crippen MR) is 122 cm³/mol. The monoisotopic (exact) mass is 447 g/mol. The number of esters is 1. The minimum Gasteiger partial charge on any atom is -0.493 e. The van der Waals surface area contributed by atoms with Crippen LogP contribution in [0.5, 0.6) is 11.5 Å². The fourth-order valence-electron chi connectivity index (χ4n) is 4.35. The van der Waals surface area contributed by atoms with E-state index in [-0.39, 0.29) is 12.5 Å². The van der Waals surface area contributed by atoms with Crippen molar-refractivity contribution in [2.75, 3.05) is 20.8 Å². The van der Waals surface area contributed by atoms with Crippen LogP contribution in [-0.4, -0.2) is 37.9 Å². The first-order valence-electron chi connectivity index (χ1n) is 10.5. The summed E-state index contributed by atoms with van der Waals surface area (Å²) in [7, 11) is 2.96. The van der Waals surface area contributed by atoms with Crippen LogP contribution >= 0.6 is 0 Å². The molecule has 3 N–H and O–H groups in total. The van der Waals surface area contributed by atoms with E-state index in [0.717, 1.165) is 22.3 Å². The molecule has 170 valence electrons. The van der Waals surface area contributed by atoms with Crippen LogP contribution in [0.3, 0.4) is 0 Å². The van der Waals surface area contributed by atoms with Gasteiger partial charge in [-0.25, -0.2) is 0 Å². The van der Waals surface area contributed by atoms with Gasteiger partial charge >= 0.3 is 11.9 Å². The number of fused-ring (bicyclic) bond motifs is 3. The lowest BCUT2D eigenvalue weighted by Crippen LogP contribution is -2.36. The number of nitrogens with two attached hydrogens (primary N) is 1. The molecule has 0 radical (unpaired) electrons. The van der Waals surface area contributed by atoms with E-state index < -0.39 is 23.9 Å². The quantitative estimate of drug-likeness (QED) is 0.400. The third-order valence-corrected chi connectivity index (χ3v) is 6.03. The second kappa shape index (κ2) is 9.34. The van der Waals surface area contributed by atoms with Crippen molar-refractivity contribution in [1.29, 1.82) is 0 Å². The molecule has 7 heteroatoms. The molecule has 0 bridgehead atoms. The molecule has 0 saturated heterocycles. The maximum absolute atomic E-state index is 12.9. The summed E-state index contributed by atoms with van der Waals surface area (Å²) in [6, 6.07) is 19.5. The largest absolute Gasteiger partial charge is 0.493 e. The molecule has 3 aromatic rings. The maximum atomic E-state index is 12.9.